The molecule has 1 atom stereocenters. The number of ether oxygens (including phenoxy) is 3. The van der Waals surface area contributed by atoms with Gasteiger partial charge in [0.25, 0.3) is 0 Å². The zero-order valence-corrected chi connectivity index (χ0v) is 48.2. The van der Waals surface area contributed by atoms with Crippen LogP contribution in [0.25, 0.3) is 0 Å². The van der Waals surface area contributed by atoms with Crippen LogP contribution in [0.4, 0.5) is 0 Å². The first-order valence-electron chi connectivity index (χ1n) is 31.6. The lowest BCUT2D eigenvalue weighted by Gasteiger charge is -2.18. The summed E-state index contributed by atoms with van der Waals surface area (Å²) in [7, 11) is 0. The largest absolute Gasteiger partial charge is 0.462 e. The van der Waals surface area contributed by atoms with Crippen LogP contribution >= 0.6 is 0 Å². The highest BCUT2D eigenvalue weighted by Crippen LogP contribution is 2.18. The number of hydrogen-bond donors (Lipinski definition) is 0. The van der Waals surface area contributed by atoms with Gasteiger partial charge >= 0.3 is 17.9 Å². The summed E-state index contributed by atoms with van der Waals surface area (Å²) in [6, 6.07) is 0. The minimum absolute atomic E-state index is 0.0852. The maximum absolute atomic E-state index is 12.9. The van der Waals surface area contributed by atoms with Gasteiger partial charge in [0.1, 0.15) is 13.2 Å². The standard InChI is InChI=1S/C66H120O6/c1-4-7-10-13-16-19-22-25-28-29-30-31-32-33-34-35-36-39-41-44-47-50-53-56-59-65(68)71-62-63(72-66(69)60-57-54-51-48-45-42-38-27-24-21-18-15-12-9-6-3)61-70-64(67)58-55-52-49-46-43-40-37-26-23-20-17-14-11-8-5-2/h9,12,18,21,27,38,45,48,63H,4-8,10-11,13-17,19-20,22-26,28-37,39-44,46-47,49-62H2,1-3H3/b12-9-,21-18-,38-27-,48-45-. The Morgan fingerprint density at radius 2 is 0.542 bits per heavy atom. The second kappa shape index (κ2) is 60.9. The monoisotopic (exact) mass is 1010 g/mol. The van der Waals surface area contributed by atoms with Gasteiger partial charge in [0.05, 0.1) is 0 Å². The van der Waals surface area contributed by atoms with E-state index in [0.717, 1.165) is 77.0 Å². The normalized spacial score (nSPS) is 12.3. The lowest BCUT2D eigenvalue weighted by Crippen LogP contribution is -2.30. The molecule has 0 saturated heterocycles. The summed E-state index contributed by atoms with van der Waals surface area (Å²) < 4.78 is 16.9. The molecule has 0 aromatic heterocycles. The van der Waals surface area contributed by atoms with Gasteiger partial charge in [-0.25, -0.2) is 0 Å². The topological polar surface area (TPSA) is 78.9 Å². The van der Waals surface area contributed by atoms with Gasteiger partial charge in [-0.2, -0.15) is 0 Å². The van der Waals surface area contributed by atoms with Crippen molar-refractivity contribution >= 4 is 17.9 Å². The van der Waals surface area contributed by atoms with E-state index in [1.165, 1.54) is 212 Å². The Kier molecular flexibility index (Phi) is 58.7. The number of carbonyl (C=O) groups excluding carboxylic acids is 3. The summed E-state index contributed by atoms with van der Waals surface area (Å²) in [5, 5.41) is 0. The third kappa shape index (κ3) is 58.3. The van der Waals surface area contributed by atoms with Gasteiger partial charge in [-0.15, -0.1) is 0 Å². The van der Waals surface area contributed by atoms with E-state index in [1.54, 1.807) is 0 Å². The second-order valence-corrected chi connectivity index (χ2v) is 21.3. The van der Waals surface area contributed by atoms with Crippen molar-refractivity contribution in [3.05, 3.63) is 48.6 Å². The lowest BCUT2D eigenvalue weighted by atomic mass is 10.0. The summed E-state index contributed by atoms with van der Waals surface area (Å²) >= 11 is 0. The maximum Gasteiger partial charge on any atom is 0.306 e. The molecule has 1 unspecified atom stereocenters. The molecule has 0 aliphatic heterocycles. The summed E-state index contributed by atoms with van der Waals surface area (Å²) in [5.41, 5.74) is 0. The SMILES string of the molecule is CC/C=C\C/C=C\C/C=C\C/C=C\CCCCC(=O)OC(COC(=O)CCCCCCCCCCCCCCCCC)COC(=O)CCCCCCCCCCCCCCCCCCCCCCCCCC. The van der Waals surface area contributed by atoms with E-state index >= 15 is 0 Å². The molecule has 0 aromatic carbocycles. The van der Waals surface area contributed by atoms with Crippen molar-refractivity contribution in [1.29, 1.82) is 0 Å². The molecular weight excluding hydrogens is 889 g/mol. The van der Waals surface area contributed by atoms with E-state index in [1.807, 2.05) is 0 Å². The van der Waals surface area contributed by atoms with E-state index < -0.39 is 6.10 Å². The molecule has 6 heteroatoms. The minimum Gasteiger partial charge on any atom is -0.462 e. The molecule has 0 radical (unpaired) electrons. The Balaban J connectivity index is 4.28. The van der Waals surface area contributed by atoms with E-state index in [2.05, 4.69) is 69.4 Å². The van der Waals surface area contributed by atoms with Crippen LogP contribution in [-0.2, 0) is 28.6 Å². The van der Waals surface area contributed by atoms with Crippen molar-refractivity contribution in [2.24, 2.45) is 0 Å². The van der Waals surface area contributed by atoms with Crippen molar-refractivity contribution in [3.63, 3.8) is 0 Å². The van der Waals surface area contributed by atoms with Crippen LogP contribution in [0.3, 0.4) is 0 Å². The number of esters is 3. The third-order valence-corrected chi connectivity index (χ3v) is 14.1. The van der Waals surface area contributed by atoms with E-state index in [9.17, 15) is 14.4 Å². The van der Waals surface area contributed by atoms with Crippen LogP contribution in [0.5, 0.6) is 0 Å². The molecule has 0 aliphatic rings. The minimum atomic E-state index is -0.792. The Morgan fingerprint density at radius 3 is 0.847 bits per heavy atom. The number of unbranched alkanes of at least 4 members (excludes halogenated alkanes) is 39. The molecule has 0 saturated carbocycles. The van der Waals surface area contributed by atoms with Gasteiger partial charge in [0, 0.05) is 19.3 Å². The average molecular weight is 1010 g/mol. The van der Waals surface area contributed by atoms with Crippen molar-refractivity contribution in [1.82, 2.24) is 0 Å². The Hall–Kier alpha value is -2.63. The van der Waals surface area contributed by atoms with E-state index in [4.69, 9.17) is 14.2 Å². The average Bonchev–Trinajstić information content (AvgIpc) is 3.38. The molecule has 0 aromatic rings. The predicted molar refractivity (Wildman–Crippen MR) is 312 cm³/mol. The first kappa shape index (κ1) is 69.4. The van der Waals surface area contributed by atoms with Crippen LogP contribution in [0.2, 0.25) is 0 Å². The number of allylic oxidation sites excluding steroid dienone is 8. The maximum atomic E-state index is 12.9. The lowest BCUT2D eigenvalue weighted by molar-refractivity contribution is -0.167. The fraction of sp³-hybridized carbons (Fsp3) is 0.833. The van der Waals surface area contributed by atoms with Crippen LogP contribution in [0.15, 0.2) is 48.6 Å². The van der Waals surface area contributed by atoms with Gasteiger partial charge in [-0.05, 0) is 57.8 Å². The van der Waals surface area contributed by atoms with E-state index in [-0.39, 0.29) is 37.5 Å². The van der Waals surface area contributed by atoms with Gasteiger partial charge in [0.15, 0.2) is 6.10 Å². The summed E-state index contributed by atoms with van der Waals surface area (Å²) in [5.74, 6) is -0.906. The molecule has 0 rings (SSSR count). The second-order valence-electron chi connectivity index (χ2n) is 21.3. The van der Waals surface area contributed by atoms with Gasteiger partial charge in [-0.3, -0.25) is 14.4 Å². The highest BCUT2D eigenvalue weighted by atomic mass is 16.6. The van der Waals surface area contributed by atoms with Crippen molar-refractivity contribution in [2.75, 3.05) is 13.2 Å². The smallest absolute Gasteiger partial charge is 0.306 e. The van der Waals surface area contributed by atoms with Crippen molar-refractivity contribution in [3.8, 4) is 0 Å². The van der Waals surface area contributed by atoms with Gasteiger partial charge in [0.2, 0.25) is 0 Å². The zero-order chi connectivity index (χ0) is 52.2. The van der Waals surface area contributed by atoms with Crippen molar-refractivity contribution in [2.45, 2.75) is 341 Å². The molecule has 0 amide bonds. The fourth-order valence-electron chi connectivity index (χ4n) is 9.38. The molecule has 0 fully saturated rings. The summed E-state index contributed by atoms with van der Waals surface area (Å²) in [4.78, 5) is 38.2. The molecule has 0 aliphatic carbocycles. The Bertz CT molecular complexity index is 1250. The molecular formula is C66H120O6. The number of carbonyl (C=O) groups is 3. The third-order valence-electron chi connectivity index (χ3n) is 14.1. The predicted octanol–water partition coefficient (Wildman–Crippen LogP) is 21.4. The molecule has 420 valence electrons. The van der Waals surface area contributed by atoms with Gasteiger partial charge in [-0.1, -0.05) is 307 Å². The highest BCUT2D eigenvalue weighted by molar-refractivity contribution is 5.71. The molecule has 6 nitrogen and oxygen atoms in total. The van der Waals surface area contributed by atoms with E-state index in [0.29, 0.717) is 19.3 Å². The molecule has 0 spiro atoms. The fourth-order valence-corrected chi connectivity index (χ4v) is 9.38. The first-order valence-corrected chi connectivity index (χ1v) is 31.6. The molecule has 0 N–H and O–H groups in total. The number of rotatable bonds is 58. The van der Waals surface area contributed by atoms with Crippen LogP contribution in [-0.4, -0.2) is 37.2 Å². The summed E-state index contributed by atoms with van der Waals surface area (Å²) in [6.07, 6.45) is 75.6. The van der Waals surface area contributed by atoms with Crippen LogP contribution in [0, 0.1) is 0 Å². The van der Waals surface area contributed by atoms with Gasteiger partial charge < -0.3 is 14.2 Å². The molecule has 0 bridgehead atoms. The zero-order valence-electron chi connectivity index (χ0n) is 48.2. The Labute approximate surface area is 448 Å². The number of hydrogen-bond acceptors (Lipinski definition) is 6. The van der Waals surface area contributed by atoms with Crippen molar-refractivity contribution < 1.29 is 28.6 Å². The van der Waals surface area contributed by atoms with Crippen LogP contribution < -0.4 is 0 Å². The summed E-state index contributed by atoms with van der Waals surface area (Å²) in [6.45, 7) is 6.55. The molecule has 72 heavy (non-hydrogen) atoms. The molecule has 0 heterocycles. The first-order chi connectivity index (χ1) is 35.5. The van der Waals surface area contributed by atoms with Crippen LogP contribution in [0.1, 0.15) is 335 Å². The Morgan fingerprint density at radius 1 is 0.292 bits per heavy atom. The highest BCUT2D eigenvalue weighted by Gasteiger charge is 2.19. The quantitative estimate of drug-likeness (QED) is 0.0261.